The van der Waals surface area contributed by atoms with E-state index in [1.54, 1.807) is 44.3 Å². The fourth-order valence-electron chi connectivity index (χ4n) is 3.95. The Balaban J connectivity index is 1.69. The van der Waals surface area contributed by atoms with Crippen molar-refractivity contribution in [2.45, 2.75) is 32.7 Å². The van der Waals surface area contributed by atoms with E-state index in [1.165, 1.54) is 4.90 Å². The number of hydrogen-bond donors (Lipinski definition) is 1. The average molecular weight is 464 g/mol. The normalized spacial score (nSPS) is 15.8. The van der Waals surface area contributed by atoms with Gasteiger partial charge >= 0.3 is 0 Å². The van der Waals surface area contributed by atoms with Crippen molar-refractivity contribution in [2.24, 2.45) is 0 Å². The van der Waals surface area contributed by atoms with Crippen molar-refractivity contribution in [3.05, 3.63) is 77.7 Å². The van der Waals surface area contributed by atoms with Gasteiger partial charge in [0.05, 0.1) is 25.0 Å². The van der Waals surface area contributed by atoms with Crippen molar-refractivity contribution >= 4 is 17.5 Å². The lowest BCUT2D eigenvalue weighted by atomic mass is 10.0. The Hall–Kier alpha value is -3.94. The monoisotopic (exact) mass is 463 g/mol. The molecule has 2 amide bonds. The van der Waals surface area contributed by atoms with Gasteiger partial charge in [-0.25, -0.2) is 0 Å². The minimum absolute atomic E-state index is 0.0979. The molecule has 2 aromatic carbocycles. The highest BCUT2D eigenvalue weighted by atomic mass is 16.5. The number of amides is 2. The first kappa shape index (κ1) is 23.2. The van der Waals surface area contributed by atoms with Crippen LogP contribution in [0.5, 0.6) is 11.5 Å². The van der Waals surface area contributed by atoms with Gasteiger partial charge in [0.1, 0.15) is 11.9 Å². The summed E-state index contributed by atoms with van der Waals surface area (Å²) >= 11 is 0. The zero-order valence-corrected chi connectivity index (χ0v) is 19.8. The van der Waals surface area contributed by atoms with Gasteiger partial charge in [-0.05, 0) is 55.8 Å². The molecular formula is C26H29N3O5. The molecule has 2 heterocycles. The molecule has 0 bridgehead atoms. The summed E-state index contributed by atoms with van der Waals surface area (Å²) in [7, 11) is 3.37. The summed E-state index contributed by atoms with van der Waals surface area (Å²) in [6, 6.07) is 16.6. The molecule has 0 saturated carbocycles. The number of furan rings is 1. The molecule has 178 valence electrons. The quantitative estimate of drug-likeness (QED) is 0.536. The van der Waals surface area contributed by atoms with E-state index in [9.17, 15) is 9.59 Å². The smallest absolute Gasteiger partial charge is 0.262 e. The van der Waals surface area contributed by atoms with Crippen molar-refractivity contribution in [1.82, 2.24) is 9.80 Å². The lowest BCUT2D eigenvalue weighted by molar-refractivity contribution is -0.135. The molecule has 0 fully saturated rings. The fourth-order valence-corrected chi connectivity index (χ4v) is 3.95. The van der Waals surface area contributed by atoms with Crippen LogP contribution in [-0.2, 0) is 11.3 Å². The van der Waals surface area contributed by atoms with Crippen LogP contribution in [0.25, 0.3) is 0 Å². The van der Waals surface area contributed by atoms with Gasteiger partial charge in [0.2, 0.25) is 0 Å². The first-order chi connectivity index (χ1) is 16.4. The van der Waals surface area contributed by atoms with Crippen LogP contribution in [0.4, 0.5) is 5.69 Å². The van der Waals surface area contributed by atoms with E-state index >= 15 is 0 Å². The van der Waals surface area contributed by atoms with Crippen molar-refractivity contribution in [3.8, 4) is 11.5 Å². The molecule has 0 saturated heterocycles. The van der Waals surface area contributed by atoms with Gasteiger partial charge in [-0.3, -0.25) is 9.59 Å². The number of fused-ring (bicyclic) bond motifs is 1. The number of nitrogens with zero attached hydrogens (tertiary/aromatic N) is 2. The van der Waals surface area contributed by atoms with E-state index in [1.807, 2.05) is 49.4 Å². The van der Waals surface area contributed by atoms with Crippen LogP contribution in [0, 0.1) is 0 Å². The summed E-state index contributed by atoms with van der Waals surface area (Å²) in [6.07, 6.45) is 0.466. The van der Waals surface area contributed by atoms with Crippen molar-refractivity contribution in [3.63, 3.8) is 0 Å². The molecule has 0 unspecified atom stereocenters. The standard InChI is InChI=1S/C26H29N3O5/c1-5-32-23-15-18(12-13-22(23)34-17(2)25(30)28(3)4)24-27-21-11-7-6-10-20(21)26(31)29(24)16-19-9-8-14-33-19/h6-15,17,24,27H,5,16H2,1-4H3/t17-,24+/m1/s1. The van der Waals surface area contributed by atoms with Crippen molar-refractivity contribution < 1.29 is 23.5 Å². The Labute approximate surface area is 199 Å². The van der Waals surface area contributed by atoms with Gasteiger partial charge in [-0.15, -0.1) is 0 Å². The number of carbonyl (C=O) groups is 2. The predicted octanol–water partition coefficient (Wildman–Crippen LogP) is 4.30. The molecule has 1 aromatic heterocycles. The summed E-state index contributed by atoms with van der Waals surface area (Å²) in [5.74, 6) is 1.41. The van der Waals surface area contributed by atoms with Crippen LogP contribution < -0.4 is 14.8 Å². The third-order valence-corrected chi connectivity index (χ3v) is 5.60. The van der Waals surface area contributed by atoms with Gasteiger partial charge in [-0.2, -0.15) is 0 Å². The number of para-hydroxylation sites is 1. The molecule has 8 nitrogen and oxygen atoms in total. The van der Waals surface area contributed by atoms with Crippen molar-refractivity contribution in [2.75, 3.05) is 26.0 Å². The maximum absolute atomic E-state index is 13.4. The number of carbonyl (C=O) groups excluding carboxylic acids is 2. The second kappa shape index (κ2) is 9.91. The lowest BCUT2D eigenvalue weighted by Crippen LogP contribution is -2.42. The molecule has 0 aliphatic carbocycles. The van der Waals surface area contributed by atoms with Crippen LogP contribution >= 0.6 is 0 Å². The summed E-state index contributed by atoms with van der Waals surface area (Å²) in [6.45, 7) is 4.31. The maximum atomic E-state index is 13.4. The lowest BCUT2D eigenvalue weighted by Gasteiger charge is -2.38. The second-order valence-electron chi connectivity index (χ2n) is 8.24. The first-order valence-electron chi connectivity index (χ1n) is 11.2. The van der Waals surface area contributed by atoms with Gasteiger partial charge in [0.25, 0.3) is 11.8 Å². The van der Waals surface area contributed by atoms with Crippen LogP contribution in [0.15, 0.2) is 65.3 Å². The van der Waals surface area contributed by atoms with E-state index in [2.05, 4.69) is 5.32 Å². The van der Waals surface area contributed by atoms with Crippen LogP contribution in [-0.4, -0.2) is 48.4 Å². The zero-order chi connectivity index (χ0) is 24.2. The van der Waals surface area contributed by atoms with Gasteiger partial charge in [-0.1, -0.05) is 18.2 Å². The Morgan fingerprint density at radius 2 is 1.94 bits per heavy atom. The highest BCUT2D eigenvalue weighted by molar-refractivity contribution is 6.01. The summed E-state index contributed by atoms with van der Waals surface area (Å²) in [5, 5.41) is 3.48. The number of nitrogens with one attached hydrogen (secondary N) is 1. The number of rotatable bonds is 8. The third kappa shape index (κ3) is 4.71. The Morgan fingerprint density at radius 3 is 2.65 bits per heavy atom. The summed E-state index contributed by atoms with van der Waals surface area (Å²) in [4.78, 5) is 28.9. The van der Waals surface area contributed by atoms with E-state index in [0.29, 0.717) is 36.0 Å². The molecule has 3 aromatic rings. The summed E-state index contributed by atoms with van der Waals surface area (Å²) in [5.41, 5.74) is 2.18. The molecule has 8 heteroatoms. The molecule has 4 rings (SSSR count). The number of anilines is 1. The SMILES string of the molecule is CCOc1cc([C@H]2Nc3ccccc3C(=O)N2Cc2ccco2)ccc1O[C@H](C)C(=O)N(C)C. The van der Waals surface area contributed by atoms with Crippen LogP contribution in [0.2, 0.25) is 0 Å². The van der Waals surface area contributed by atoms with Gasteiger partial charge in [0, 0.05) is 19.8 Å². The molecule has 2 atom stereocenters. The third-order valence-electron chi connectivity index (χ3n) is 5.60. The minimum atomic E-state index is -0.670. The second-order valence-corrected chi connectivity index (χ2v) is 8.24. The molecule has 0 radical (unpaired) electrons. The van der Waals surface area contributed by atoms with Crippen molar-refractivity contribution in [1.29, 1.82) is 0 Å². The highest BCUT2D eigenvalue weighted by Gasteiger charge is 2.34. The largest absolute Gasteiger partial charge is 0.490 e. The summed E-state index contributed by atoms with van der Waals surface area (Å²) < 4.78 is 17.3. The van der Waals surface area contributed by atoms with E-state index in [0.717, 1.165) is 11.3 Å². The number of ether oxygens (including phenoxy) is 2. The van der Waals surface area contributed by atoms with Gasteiger partial charge in [0.15, 0.2) is 17.6 Å². The molecule has 0 spiro atoms. The minimum Gasteiger partial charge on any atom is -0.490 e. The van der Waals surface area contributed by atoms with E-state index < -0.39 is 12.3 Å². The Morgan fingerprint density at radius 1 is 1.15 bits per heavy atom. The first-order valence-corrected chi connectivity index (χ1v) is 11.2. The molecule has 1 N–H and O–H groups in total. The zero-order valence-electron chi connectivity index (χ0n) is 19.8. The molecule has 1 aliphatic rings. The van der Waals surface area contributed by atoms with E-state index in [-0.39, 0.29) is 11.8 Å². The number of hydrogen-bond acceptors (Lipinski definition) is 6. The Kier molecular flexibility index (Phi) is 6.77. The molecule has 1 aliphatic heterocycles. The number of likely N-dealkylation sites (N-methyl/N-ethyl adjacent to an activating group) is 1. The predicted molar refractivity (Wildman–Crippen MR) is 128 cm³/mol. The highest BCUT2D eigenvalue weighted by Crippen LogP contribution is 2.38. The van der Waals surface area contributed by atoms with Crippen LogP contribution in [0.3, 0.4) is 0 Å². The maximum Gasteiger partial charge on any atom is 0.262 e. The molecule has 34 heavy (non-hydrogen) atoms. The van der Waals surface area contributed by atoms with E-state index in [4.69, 9.17) is 13.9 Å². The Bertz CT molecular complexity index is 1160. The molecular weight excluding hydrogens is 434 g/mol. The topological polar surface area (TPSA) is 84.2 Å². The fraction of sp³-hybridized carbons (Fsp3) is 0.308. The van der Waals surface area contributed by atoms with Crippen LogP contribution in [0.1, 0.15) is 41.7 Å². The number of benzene rings is 2. The van der Waals surface area contributed by atoms with Gasteiger partial charge < -0.3 is 29.0 Å². The average Bonchev–Trinajstić information content (AvgIpc) is 3.34.